The Morgan fingerprint density at radius 1 is 1.36 bits per heavy atom. The summed E-state index contributed by atoms with van der Waals surface area (Å²) in [7, 11) is 0. The van der Waals surface area contributed by atoms with Gasteiger partial charge in [-0.25, -0.2) is 0 Å². The lowest BCUT2D eigenvalue weighted by Gasteiger charge is -2.23. The number of amides is 1. The number of carboxylic acid groups (broad SMARTS) is 1. The molecule has 1 heterocycles. The molecule has 1 N–H and O–H groups in total. The number of furan rings is 1. The lowest BCUT2D eigenvalue weighted by Crippen LogP contribution is -2.40. The van der Waals surface area contributed by atoms with Gasteiger partial charge in [0.1, 0.15) is 12.1 Å². The largest absolute Gasteiger partial charge is 0.480 e. The van der Waals surface area contributed by atoms with Crippen LogP contribution in [0.2, 0.25) is 0 Å². The molecule has 0 saturated heterocycles. The lowest BCUT2D eigenvalue weighted by atomic mass is 10.2. The van der Waals surface area contributed by atoms with Crippen molar-refractivity contribution in [3.63, 3.8) is 0 Å². The van der Waals surface area contributed by atoms with Crippen molar-refractivity contribution >= 4 is 28.5 Å². The van der Waals surface area contributed by atoms with E-state index in [0.29, 0.717) is 11.0 Å². The second kappa shape index (κ2) is 5.84. The Morgan fingerprint density at radius 3 is 2.59 bits per heavy atom. The molecule has 8 heteroatoms. The standard InChI is InChI=1S/C14H14N2O6/c1-8(2)15(7-13(17)18)14(19)12-6-9-5-10(16(20)21)3-4-11(9)22-12/h3-6,8H,7H2,1-2H3,(H,17,18). The Hall–Kier alpha value is -2.90. The van der Waals surface area contributed by atoms with Crippen LogP contribution < -0.4 is 0 Å². The fourth-order valence-electron chi connectivity index (χ4n) is 2.03. The fourth-order valence-corrected chi connectivity index (χ4v) is 2.03. The molecule has 0 bridgehead atoms. The smallest absolute Gasteiger partial charge is 0.323 e. The van der Waals surface area contributed by atoms with Gasteiger partial charge >= 0.3 is 5.97 Å². The van der Waals surface area contributed by atoms with Crippen molar-refractivity contribution in [1.82, 2.24) is 4.90 Å². The monoisotopic (exact) mass is 306 g/mol. The highest BCUT2D eigenvalue weighted by Gasteiger charge is 2.24. The number of carboxylic acids is 1. The second-order valence-electron chi connectivity index (χ2n) is 5.01. The van der Waals surface area contributed by atoms with Gasteiger partial charge in [-0.1, -0.05) is 0 Å². The van der Waals surface area contributed by atoms with E-state index >= 15 is 0 Å². The number of nitrogens with zero attached hydrogens (tertiary/aromatic N) is 2. The maximum absolute atomic E-state index is 12.3. The van der Waals surface area contributed by atoms with Gasteiger partial charge in [0.15, 0.2) is 5.76 Å². The average Bonchev–Trinajstić information content (AvgIpc) is 2.86. The molecular formula is C14H14N2O6. The first-order valence-electron chi connectivity index (χ1n) is 6.50. The first-order chi connectivity index (χ1) is 10.3. The molecule has 1 aromatic carbocycles. The summed E-state index contributed by atoms with van der Waals surface area (Å²) in [6.07, 6.45) is 0. The molecule has 0 aliphatic carbocycles. The van der Waals surface area contributed by atoms with E-state index in [-0.39, 0.29) is 17.5 Å². The third-order valence-electron chi connectivity index (χ3n) is 3.11. The van der Waals surface area contributed by atoms with Crippen molar-refractivity contribution in [1.29, 1.82) is 0 Å². The van der Waals surface area contributed by atoms with Gasteiger partial charge in [-0.3, -0.25) is 19.7 Å². The highest BCUT2D eigenvalue weighted by Crippen LogP contribution is 2.25. The Morgan fingerprint density at radius 2 is 2.05 bits per heavy atom. The van der Waals surface area contributed by atoms with Crippen molar-refractivity contribution in [2.75, 3.05) is 6.54 Å². The molecule has 22 heavy (non-hydrogen) atoms. The second-order valence-corrected chi connectivity index (χ2v) is 5.01. The van der Waals surface area contributed by atoms with Gasteiger partial charge in [-0.05, 0) is 26.0 Å². The predicted octanol–water partition coefficient (Wildman–Crippen LogP) is 2.28. The van der Waals surface area contributed by atoms with E-state index in [9.17, 15) is 19.7 Å². The van der Waals surface area contributed by atoms with Crippen LogP contribution in [-0.4, -0.2) is 39.4 Å². The molecule has 2 rings (SSSR count). The molecular weight excluding hydrogens is 292 g/mol. The van der Waals surface area contributed by atoms with Gasteiger partial charge in [0, 0.05) is 23.6 Å². The van der Waals surface area contributed by atoms with E-state index in [1.165, 1.54) is 24.3 Å². The van der Waals surface area contributed by atoms with Crippen LogP contribution in [0.1, 0.15) is 24.4 Å². The minimum Gasteiger partial charge on any atom is -0.480 e. The first kappa shape index (κ1) is 15.5. The Bertz CT molecular complexity index is 749. The zero-order valence-corrected chi connectivity index (χ0v) is 12.0. The molecule has 0 radical (unpaired) electrons. The minimum atomic E-state index is -1.13. The summed E-state index contributed by atoms with van der Waals surface area (Å²) in [5.41, 5.74) is 0.214. The molecule has 0 atom stereocenters. The quantitative estimate of drug-likeness (QED) is 0.669. The summed E-state index contributed by atoms with van der Waals surface area (Å²) in [5.74, 6) is -1.75. The van der Waals surface area contributed by atoms with Crippen LogP contribution >= 0.6 is 0 Å². The molecule has 0 spiro atoms. The fraction of sp³-hybridized carbons (Fsp3) is 0.286. The van der Waals surface area contributed by atoms with Gasteiger partial charge in [0.05, 0.1) is 4.92 Å². The summed E-state index contributed by atoms with van der Waals surface area (Å²) in [5, 5.41) is 20.0. The van der Waals surface area contributed by atoms with Crippen molar-refractivity contribution in [3.8, 4) is 0 Å². The number of benzene rings is 1. The summed E-state index contributed by atoms with van der Waals surface area (Å²) < 4.78 is 5.37. The number of nitro benzene ring substituents is 1. The van der Waals surface area contributed by atoms with Gasteiger partial charge in [-0.2, -0.15) is 0 Å². The molecule has 0 aliphatic heterocycles. The van der Waals surface area contributed by atoms with Crippen LogP contribution in [0.5, 0.6) is 0 Å². The van der Waals surface area contributed by atoms with Crippen molar-refractivity contribution in [2.45, 2.75) is 19.9 Å². The highest BCUT2D eigenvalue weighted by molar-refractivity contribution is 5.97. The van der Waals surface area contributed by atoms with E-state index in [1.807, 2.05) is 0 Å². The van der Waals surface area contributed by atoms with Crippen LogP contribution in [0.25, 0.3) is 11.0 Å². The van der Waals surface area contributed by atoms with Crippen LogP contribution in [0.15, 0.2) is 28.7 Å². The molecule has 8 nitrogen and oxygen atoms in total. The number of hydrogen-bond donors (Lipinski definition) is 1. The molecule has 116 valence electrons. The number of aliphatic carboxylic acids is 1. The predicted molar refractivity (Wildman–Crippen MR) is 76.7 cm³/mol. The van der Waals surface area contributed by atoms with Gasteiger partial charge in [-0.15, -0.1) is 0 Å². The molecule has 1 aromatic heterocycles. The SMILES string of the molecule is CC(C)N(CC(=O)O)C(=O)c1cc2cc([N+](=O)[O-])ccc2o1. The van der Waals surface area contributed by atoms with Crippen LogP contribution in [0.4, 0.5) is 5.69 Å². The number of nitro groups is 1. The van der Waals surface area contributed by atoms with Crippen LogP contribution in [0, 0.1) is 10.1 Å². The molecule has 0 aliphatic rings. The minimum absolute atomic E-state index is 0.0505. The van der Waals surface area contributed by atoms with E-state index in [0.717, 1.165) is 4.90 Å². The average molecular weight is 306 g/mol. The van der Waals surface area contributed by atoms with E-state index in [2.05, 4.69) is 0 Å². The van der Waals surface area contributed by atoms with E-state index < -0.39 is 23.3 Å². The summed E-state index contributed by atoms with van der Waals surface area (Å²) >= 11 is 0. The van der Waals surface area contributed by atoms with Crippen molar-refractivity contribution in [2.24, 2.45) is 0 Å². The number of fused-ring (bicyclic) bond motifs is 1. The summed E-state index contributed by atoms with van der Waals surface area (Å²) in [6, 6.07) is 5.03. The van der Waals surface area contributed by atoms with Gasteiger partial charge in [0.2, 0.25) is 0 Å². The first-order valence-corrected chi connectivity index (χ1v) is 6.50. The topological polar surface area (TPSA) is 114 Å². The summed E-state index contributed by atoms with van der Waals surface area (Å²) in [6.45, 7) is 2.93. The highest BCUT2D eigenvalue weighted by atomic mass is 16.6. The lowest BCUT2D eigenvalue weighted by molar-refractivity contribution is -0.384. The third-order valence-corrected chi connectivity index (χ3v) is 3.11. The van der Waals surface area contributed by atoms with Crippen LogP contribution in [0.3, 0.4) is 0 Å². The Labute approximate surface area is 125 Å². The van der Waals surface area contributed by atoms with E-state index in [4.69, 9.17) is 9.52 Å². The Balaban J connectivity index is 2.38. The zero-order valence-electron chi connectivity index (χ0n) is 12.0. The number of carbonyl (C=O) groups excluding carboxylic acids is 1. The van der Waals surface area contributed by atoms with Crippen LogP contribution in [-0.2, 0) is 4.79 Å². The number of carbonyl (C=O) groups is 2. The summed E-state index contributed by atoms with van der Waals surface area (Å²) in [4.78, 5) is 34.5. The normalized spacial score (nSPS) is 10.9. The van der Waals surface area contributed by atoms with Crippen molar-refractivity contribution in [3.05, 3.63) is 40.1 Å². The number of rotatable bonds is 5. The molecule has 0 unspecified atom stereocenters. The molecule has 0 saturated carbocycles. The maximum atomic E-state index is 12.3. The number of hydrogen-bond acceptors (Lipinski definition) is 5. The Kier molecular flexibility index (Phi) is 4.11. The molecule has 2 aromatic rings. The van der Waals surface area contributed by atoms with Gasteiger partial charge < -0.3 is 14.4 Å². The van der Waals surface area contributed by atoms with Crippen molar-refractivity contribution < 1.29 is 24.0 Å². The van der Waals surface area contributed by atoms with Gasteiger partial charge in [0.25, 0.3) is 11.6 Å². The zero-order chi connectivity index (χ0) is 16.4. The maximum Gasteiger partial charge on any atom is 0.323 e. The molecule has 1 amide bonds. The molecule has 0 fully saturated rings. The third kappa shape index (κ3) is 3.05. The number of non-ortho nitro benzene ring substituents is 1. The van der Waals surface area contributed by atoms with E-state index in [1.54, 1.807) is 13.8 Å².